The molecule has 0 aliphatic rings. The number of thiazole rings is 1. The molecule has 0 radical (unpaired) electrons. The van der Waals surface area contributed by atoms with Crippen LogP contribution in [0.5, 0.6) is 0 Å². The van der Waals surface area contributed by atoms with E-state index in [9.17, 15) is 4.79 Å². The molecule has 0 fully saturated rings. The highest BCUT2D eigenvalue weighted by atomic mass is 32.1. The summed E-state index contributed by atoms with van der Waals surface area (Å²) in [6.45, 7) is 9.26. The monoisotopic (exact) mass is 297 g/mol. The van der Waals surface area contributed by atoms with Crippen LogP contribution >= 0.6 is 11.3 Å². The zero-order valence-corrected chi connectivity index (χ0v) is 13.8. The van der Waals surface area contributed by atoms with Crippen LogP contribution in [-0.2, 0) is 4.79 Å². The van der Waals surface area contributed by atoms with Crippen LogP contribution in [0.15, 0.2) is 5.38 Å². The van der Waals surface area contributed by atoms with Gasteiger partial charge in [0.2, 0.25) is 5.91 Å². The highest BCUT2D eigenvalue weighted by Gasteiger charge is 2.15. The number of anilines is 1. The Hall–Kier alpha value is -0.940. The molecule has 1 unspecified atom stereocenters. The van der Waals surface area contributed by atoms with Crippen molar-refractivity contribution in [2.75, 3.05) is 11.9 Å². The van der Waals surface area contributed by atoms with Crippen LogP contribution in [0, 0.1) is 11.8 Å². The van der Waals surface area contributed by atoms with Gasteiger partial charge in [-0.2, -0.15) is 0 Å². The van der Waals surface area contributed by atoms with Gasteiger partial charge in [-0.3, -0.25) is 4.79 Å². The number of amides is 1. The second-order valence-electron chi connectivity index (χ2n) is 5.90. The molecule has 4 nitrogen and oxygen atoms in total. The fourth-order valence-electron chi connectivity index (χ4n) is 2.13. The standard InChI is InChI=1S/C15H27N3OS/c1-10(2)12(7-8-16)5-6-14(19)18-15-17-13(9-20-15)11(3)4/h9-12H,5-8,16H2,1-4H3,(H,17,18,19). The van der Waals surface area contributed by atoms with Gasteiger partial charge in [0.1, 0.15) is 0 Å². The molecule has 0 spiro atoms. The minimum absolute atomic E-state index is 0.0531. The van der Waals surface area contributed by atoms with Gasteiger partial charge in [-0.1, -0.05) is 27.7 Å². The highest BCUT2D eigenvalue weighted by molar-refractivity contribution is 7.13. The second-order valence-corrected chi connectivity index (χ2v) is 6.76. The first-order chi connectivity index (χ1) is 9.43. The van der Waals surface area contributed by atoms with Crippen molar-refractivity contribution >= 4 is 22.4 Å². The predicted molar refractivity (Wildman–Crippen MR) is 86.1 cm³/mol. The average Bonchev–Trinajstić information content (AvgIpc) is 2.82. The molecule has 1 aromatic heterocycles. The Morgan fingerprint density at radius 3 is 2.55 bits per heavy atom. The molecular weight excluding hydrogens is 270 g/mol. The number of hydrogen-bond donors (Lipinski definition) is 2. The summed E-state index contributed by atoms with van der Waals surface area (Å²) in [5.41, 5.74) is 6.65. The molecule has 20 heavy (non-hydrogen) atoms. The van der Waals surface area contributed by atoms with Gasteiger partial charge in [-0.05, 0) is 37.1 Å². The lowest BCUT2D eigenvalue weighted by Gasteiger charge is -2.19. The van der Waals surface area contributed by atoms with Gasteiger partial charge < -0.3 is 11.1 Å². The Morgan fingerprint density at radius 2 is 2.05 bits per heavy atom. The first-order valence-corrected chi connectivity index (χ1v) is 8.27. The molecule has 114 valence electrons. The van der Waals surface area contributed by atoms with Crippen LogP contribution in [0.25, 0.3) is 0 Å². The molecule has 1 aromatic rings. The summed E-state index contributed by atoms with van der Waals surface area (Å²) in [7, 11) is 0. The fourth-order valence-corrected chi connectivity index (χ4v) is 3.02. The van der Waals surface area contributed by atoms with Gasteiger partial charge in [0.05, 0.1) is 5.69 Å². The van der Waals surface area contributed by atoms with Crippen molar-refractivity contribution < 1.29 is 4.79 Å². The van der Waals surface area contributed by atoms with E-state index in [1.165, 1.54) is 11.3 Å². The summed E-state index contributed by atoms with van der Waals surface area (Å²) in [5, 5.41) is 5.60. The van der Waals surface area contributed by atoms with Crippen LogP contribution in [0.1, 0.15) is 58.6 Å². The van der Waals surface area contributed by atoms with Crippen molar-refractivity contribution in [1.29, 1.82) is 0 Å². The van der Waals surface area contributed by atoms with Gasteiger partial charge in [-0.25, -0.2) is 4.98 Å². The minimum atomic E-state index is 0.0531. The normalized spacial score (nSPS) is 12.9. The molecule has 0 aliphatic carbocycles. The van der Waals surface area contributed by atoms with Crippen LogP contribution in [-0.4, -0.2) is 17.4 Å². The first kappa shape index (κ1) is 17.1. The zero-order chi connectivity index (χ0) is 15.1. The summed E-state index contributed by atoms with van der Waals surface area (Å²) in [5.74, 6) is 1.54. The van der Waals surface area contributed by atoms with Crippen LogP contribution < -0.4 is 11.1 Å². The molecule has 0 saturated heterocycles. The number of carbonyl (C=O) groups excluding carboxylic acids is 1. The van der Waals surface area contributed by atoms with Gasteiger partial charge in [0.15, 0.2) is 5.13 Å². The number of nitrogens with zero attached hydrogens (tertiary/aromatic N) is 1. The molecule has 0 bridgehead atoms. The summed E-state index contributed by atoms with van der Waals surface area (Å²) < 4.78 is 0. The summed E-state index contributed by atoms with van der Waals surface area (Å²) >= 11 is 1.49. The molecule has 1 rings (SSSR count). The Labute approximate surface area is 126 Å². The molecule has 0 aliphatic heterocycles. The number of hydrogen-bond acceptors (Lipinski definition) is 4. The third kappa shape index (κ3) is 5.59. The van der Waals surface area contributed by atoms with Crippen LogP contribution in [0.4, 0.5) is 5.13 Å². The zero-order valence-electron chi connectivity index (χ0n) is 13.0. The summed E-state index contributed by atoms with van der Waals surface area (Å²) in [6.07, 6.45) is 2.42. The smallest absolute Gasteiger partial charge is 0.226 e. The molecule has 3 N–H and O–H groups in total. The van der Waals surface area contributed by atoms with Crippen molar-refractivity contribution in [2.24, 2.45) is 17.6 Å². The molecule has 1 heterocycles. The summed E-state index contributed by atoms with van der Waals surface area (Å²) in [6, 6.07) is 0. The van der Waals surface area contributed by atoms with E-state index < -0.39 is 0 Å². The van der Waals surface area contributed by atoms with E-state index in [1.807, 2.05) is 5.38 Å². The maximum absolute atomic E-state index is 11.9. The lowest BCUT2D eigenvalue weighted by molar-refractivity contribution is -0.116. The van der Waals surface area contributed by atoms with Crippen molar-refractivity contribution in [3.05, 3.63) is 11.1 Å². The Morgan fingerprint density at radius 1 is 1.35 bits per heavy atom. The van der Waals surface area contributed by atoms with Gasteiger partial charge in [0, 0.05) is 11.8 Å². The topological polar surface area (TPSA) is 68.0 Å². The maximum atomic E-state index is 11.9. The van der Waals surface area contributed by atoms with E-state index in [1.54, 1.807) is 0 Å². The van der Waals surface area contributed by atoms with Gasteiger partial charge >= 0.3 is 0 Å². The lowest BCUT2D eigenvalue weighted by Crippen LogP contribution is -2.18. The molecule has 5 heteroatoms. The third-order valence-corrected chi connectivity index (χ3v) is 4.36. The van der Waals surface area contributed by atoms with E-state index in [-0.39, 0.29) is 5.91 Å². The number of nitrogens with one attached hydrogen (secondary N) is 1. The van der Waals surface area contributed by atoms with Crippen LogP contribution in [0.2, 0.25) is 0 Å². The largest absolute Gasteiger partial charge is 0.330 e. The lowest BCUT2D eigenvalue weighted by atomic mass is 9.88. The van der Waals surface area contributed by atoms with E-state index >= 15 is 0 Å². The van der Waals surface area contributed by atoms with Crippen molar-refractivity contribution in [1.82, 2.24) is 4.98 Å². The summed E-state index contributed by atoms with van der Waals surface area (Å²) in [4.78, 5) is 16.4. The number of nitrogens with two attached hydrogens (primary N) is 1. The molecule has 1 atom stereocenters. The Balaban J connectivity index is 2.42. The number of aromatic nitrogens is 1. The van der Waals surface area contributed by atoms with E-state index in [0.29, 0.717) is 35.9 Å². The maximum Gasteiger partial charge on any atom is 0.226 e. The molecule has 0 aromatic carbocycles. The fraction of sp³-hybridized carbons (Fsp3) is 0.733. The third-order valence-electron chi connectivity index (χ3n) is 3.58. The molecule has 0 saturated carbocycles. The van der Waals surface area contributed by atoms with Crippen molar-refractivity contribution in [3.63, 3.8) is 0 Å². The Kier molecular flexibility index (Phi) is 7.16. The molecular formula is C15H27N3OS. The number of rotatable bonds is 8. The van der Waals surface area contributed by atoms with E-state index in [0.717, 1.165) is 18.5 Å². The van der Waals surface area contributed by atoms with Gasteiger partial charge in [-0.15, -0.1) is 11.3 Å². The van der Waals surface area contributed by atoms with Gasteiger partial charge in [0.25, 0.3) is 0 Å². The Bertz CT molecular complexity index is 415. The minimum Gasteiger partial charge on any atom is -0.330 e. The average molecular weight is 297 g/mol. The highest BCUT2D eigenvalue weighted by Crippen LogP contribution is 2.23. The first-order valence-electron chi connectivity index (χ1n) is 7.39. The SMILES string of the molecule is CC(C)c1csc(NC(=O)CCC(CCN)C(C)C)n1. The number of carbonyl (C=O) groups is 1. The van der Waals surface area contributed by atoms with Crippen LogP contribution in [0.3, 0.4) is 0 Å². The quantitative estimate of drug-likeness (QED) is 0.770. The molecule has 1 amide bonds. The predicted octanol–water partition coefficient (Wildman–Crippen LogP) is 3.61. The van der Waals surface area contributed by atoms with Crippen molar-refractivity contribution in [3.8, 4) is 0 Å². The van der Waals surface area contributed by atoms with Crippen molar-refractivity contribution in [2.45, 2.75) is 52.9 Å². The van der Waals surface area contributed by atoms with E-state index in [4.69, 9.17) is 5.73 Å². The van der Waals surface area contributed by atoms with E-state index in [2.05, 4.69) is 38.0 Å². The second kappa shape index (κ2) is 8.37.